The van der Waals surface area contributed by atoms with Crippen molar-refractivity contribution in [3.63, 3.8) is 0 Å². The quantitative estimate of drug-likeness (QED) is 0.857. The van der Waals surface area contributed by atoms with E-state index in [9.17, 15) is 13.2 Å². The van der Waals surface area contributed by atoms with Gasteiger partial charge in [-0.2, -0.15) is 0 Å². The van der Waals surface area contributed by atoms with Gasteiger partial charge in [0.25, 0.3) is 5.91 Å². The normalized spacial score (nSPS) is 19.2. The summed E-state index contributed by atoms with van der Waals surface area (Å²) in [5.74, 6) is -0.134. The lowest BCUT2D eigenvalue weighted by molar-refractivity contribution is 0.0944. The minimum atomic E-state index is -3.05. The molecule has 3 rings (SSSR count). The summed E-state index contributed by atoms with van der Waals surface area (Å²) in [5.41, 5.74) is 4.00. The first-order chi connectivity index (χ1) is 11.1. The summed E-state index contributed by atoms with van der Waals surface area (Å²) >= 11 is 0. The van der Waals surface area contributed by atoms with Crippen molar-refractivity contribution < 1.29 is 13.2 Å². The van der Waals surface area contributed by atoms with E-state index in [4.69, 9.17) is 0 Å². The van der Waals surface area contributed by atoms with Gasteiger partial charge in [0, 0.05) is 12.4 Å². The van der Waals surface area contributed by atoms with Gasteiger partial charge in [-0.15, -0.1) is 0 Å². The molecule has 120 valence electrons. The van der Waals surface area contributed by atoms with Gasteiger partial charge in [0.1, 0.15) is 0 Å². The van der Waals surface area contributed by atoms with Crippen molar-refractivity contribution in [2.24, 2.45) is 0 Å². The highest BCUT2D eigenvalue weighted by Gasteiger charge is 2.33. The maximum Gasteiger partial charge on any atom is 0.271 e. The fourth-order valence-electron chi connectivity index (χ4n) is 2.61. The van der Waals surface area contributed by atoms with Crippen molar-refractivity contribution in [3.8, 4) is 0 Å². The van der Waals surface area contributed by atoms with Crippen molar-refractivity contribution in [2.45, 2.75) is 12.5 Å². The van der Waals surface area contributed by atoms with E-state index in [1.54, 1.807) is 23.3 Å². The maximum absolute atomic E-state index is 12.4. The Bertz CT molecular complexity index is 779. The van der Waals surface area contributed by atoms with E-state index in [1.807, 2.05) is 30.3 Å². The van der Waals surface area contributed by atoms with Gasteiger partial charge in [-0.25, -0.2) is 8.42 Å². The maximum atomic E-state index is 12.4. The van der Waals surface area contributed by atoms with Crippen molar-refractivity contribution in [3.05, 3.63) is 60.4 Å². The number of hydrogen-bond donors (Lipinski definition) is 1. The molecule has 7 heteroatoms. The molecule has 6 nitrogen and oxygen atoms in total. The Morgan fingerprint density at radius 2 is 1.96 bits per heavy atom. The summed E-state index contributed by atoms with van der Waals surface area (Å²) in [5, 5.41) is 1.65. The number of carbonyl (C=O) groups excluding carboxylic acids is 1. The third kappa shape index (κ3) is 3.68. The largest absolute Gasteiger partial charge is 0.281 e. The SMILES string of the molecule is O=C(NN(c1ccccc1)C1CCS(=O)(=O)C1)c1cccnc1. The summed E-state index contributed by atoms with van der Waals surface area (Å²) in [6, 6.07) is 12.3. The van der Waals surface area contributed by atoms with Crippen molar-refractivity contribution in [1.29, 1.82) is 0 Å². The smallest absolute Gasteiger partial charge is 0.271 e. The number of rotatable bonds is 4. The fourth-order valence-corrected chi connectivity index (χ4v) is 4.31. The highest BCUT2D eigenvalue weighted by atomic mass is 32.2. The monoisotopic (exact) mass is 331 g/mol. The predicted molar refractivity (Wildman–Crippen MR) is 87.7 cm³/mol. The van der Waals surface area contributed by atoms with Crippen LogP contribution in [0.4, 0.5) is 5.69 Å². The lowest BCUT2D eigenvalue weighted by atomic mass is 10.2. The minimum Gasteiger partial charge on any atom is -0.281 e. The van der Waals surface area contributed by atoms with Crippen LogP contribution in [0.2, 0.25) is 0 Å². The van der Waals surface area contributed by atoms with Crippen LogP contribution in [0, 0.1) is 0 Å². The standard InChI is InChI=1S/C16H17N3O3S/c20-16(13-5-4-9-17-11-13)18-19(14-6-2-1-3-7-14)15-8-10-23(21,22)12-15/h1-7,9,11,15H,8,10,12H2,(H,18,20). The van der Waals surface area contributed by atoms with E-state index in [1.165, 1.54) is 6.20 Å². The Morgan fingerprint density at radius 1 is 1.17 bits per heavy atom. The number of anilines is 1. The molecule has 0 bridgehead atoms. The van der Waals surface area contributed by atoms with Crippen LogP contribution in [0.25, 0.3) is 0 Å². The number of sulfone groups is 1. The topological polar surface area (TPSA) is 79.4 Å². The molecule has 1 fully saturated rings. The van der Waals surface area contributed by atoms with Crippen LogP contribution in [0.5, 0.6) is 0 Å². The van der Waals surface area contributed by atoms with Crippen LogP contribution in [-0.4, -0.2) is 36.9 Å². The predicted octanol–water partition coefficient (Wildman–Crippen LogP) is 1.42. The Morgan fingerprint density at radius 3 is 2.57 bits per heavy atom. The first kappa shape index (κ1) is 15.5. The molecule has 1 aliphatic rings. The van der Waals surface area contributed by atoms with Crippen molar-refractivity contribution in [2.75, 3.05) is 16.5 Å². The summed E-state index contributed by atoms with van der Waals surface area (Å²) in [4.78, 5) is 16.3. The third-order valence-corrected chi connectivity index (χ3v) is 5.50. The molecule has 1 saturated heterocycles. The zero-order valence-corrected chi connectivity index (χ0v) is 13.2. The van der Waals surface area contributed by atoms with Gasteiger partial charge in [-0.3, -0.25) is 20.2 Å². The van der Waals surface area contributed by atoms with Crippen molar-refractivity contribution in [1.82, 2.24) is 10.4 Å². The number of aromatic nitrogens is 1. The Labute approximate surface area is 135 Å². The van der Waals surface area contributed by atoms with Gasteiger partial charge in [0.2, 0.25) is 0 Å². The van der Waals surface area contributed by atoms with Crippen LogP contribution >= 0.6 is 0 Å². The molecule has 1 amide bonds. The number of para-hydroxylation sites is 1. The lowest BCUT2D eigenvalue weighted by Crippen LogP contribution is -2.49. The number of benzene rings is 1. The molecule has 0 radical (unpaired) electrons. The number of carbonyl (C=O) groups is 1. The Hall–Kier alpha value is -2.41. The number of nitrogens with zero attached hydrogens (tertiary/aromatic N) is 2. The molecule has 1 N–H and O–H groups in total. The highest BCUT2D eigenvalue weighted by Crippen LogP contribution is 2.22. The van der Waals surface area contributed by atoms with E-state index < -0.39 is 9.84 Å². The van der Waals surface area contributed by atoms with Gasteiger partial charge in [-0.05, 0) is 30.7 Å². The molecule has 0 aliphatic carbocycles. The van der Waals surface area contributed by atoms with E-state index in [2.05, 4.69) is 10.4 Å². The minimum absolute atomic E-state index is 0.0369. The zero-order valence-electron chi connectivity index (χ0n) is 12.4. The van der Waals surface area contributed by atoms with E-state index in [0.29, 0.717) is 12.0 Å². The third-order valence-electron chi connectivity index (χ3n) is 3.75. The number of amides is 1. The van der Waals surface area contributed by atoms with Crippen LogP contribution in [0.1, 0.15) is 16.8 Å². The molecule has 0 spiro atoms. The second kappa shape index (κ2) is 6.37. The summed E-state index contributed by atoms with van der Waals surface area (Å²) in [6.07, 6.45) is 3.56. The molecular weight excluding hydrogens is 314 g/mol. The molecule has 1 aliphatic heterocycles. The van der Waals surface area contributed by atoms with Crippen LogP contribution in [-0.2, 0) is 9.84 Å². The molecule has 0 saturated carbocycles. The molecule has 1 aromatic carbocycles. The first-order valence-corrected chi connectivity index (χ1v) is 9.13. The second-order valence-corrected chi connectivity index (χ2v) is 7.67. The van der Waals surface area contributed by atoms with Crippen LogP contribution in [0.3, 0.4) is 0 Å². The zero-order chi connectivity index (χ0) is 16.3. The van der Waals surface area contributed by atoms with Gasteiger partial charge in [0.05, 0.1) is 28.8 Å². The summed E-state index contributed by atoms with van der Waals surface area (Å²) in [6.45, 7) is 0. The molecule has 23 heavy (non-hydrogen) atoms. The Kier molecular flexibility index (Phi) is 4.29. The lowest BCUT2D eigenvalue weighted by Gasteiger charge is -2.30. The van der Waals surface area contributed by atoms with E-state index >= 15 is 0 Å². The van der Waals surface area contributed by atoms with Crippen LogP contribution < -0.4 is 10.4 Å². The molecule has 1 atom stereocenters. The van der Waals surface area contributed by atoms with E-state index in [0.717, 1.165) is 5.69 Å². The number of hydrogen-bond acceptors (Lipinski definition) is 5. The number of nitrogens with one attached hydrogen (secondary N) is 1. The Balaban J connectivity index is 1.86. The molecule has 1 unspecified atom stereocenters. The molecule has 1 aromatic heterocycles. The first-order valence-electron chi connectivity index (χ1n) is 7.31. The van der Waals surface area contributed by atoms with Gasteiger partial charge >= 0.3 is 0 Å². The van der Waals surface area contributed by atoms with Crippen molar-refractivity contribution >= 4 is 21.4 Å². The number of pyridine rings is 1. The average molecular weight is 331 g/mol. The molecule has 2 aromatic rings. The molecular formula is C16H17N3O3S. The van der Waals surface area contributed by atoms with Crippen LogP contribution in [0.15, 0.2) is 54.9 Å². The molecule has 2 heterocycles. The second-order valence-electron chi connectivity index (χ2n) is 5.45. The summed E-state index contributed by atoms with van der Waals surface area (Å²) in [7, 11) is -3.05. The van der Waals surface area contributed by atoms with E-state index in [-0.39, 0.29) is 23.5 Å². The van der Waals surface area contributed by atoms with Gasteiger partial charge < -0.3 is 0 Å². The average Bonchev–Trinajstić information content (AvgIpc) is 2.93. The number of hydrazine groups is 1. The van der Waals surface area contributed by atoms with Gasteiger partial charge in [0.15, 0.2) is 9.84 Å². The van der Waals surface area contributed by atoms with Gasteiger partial charge in [-0.1, -0.05) is 18.2 Å². The summed E-state index contributed by atoms with van der Waals surface area (Å²) < 4.78 is 23.6. The fraction of sp³-hybridized carbons (Fsp3) is 0.250. The highest BCUT2D eigenvalue weighted by molar-refractivity contribution is 7.91.